The predicted molar refractivity (Wildman–Crippen MR) is 71.0 cm³/mol. The number of hydrogen-bond donors (Lipinski definition) is 1. The van der Waals surface area contributed by atoms with Gasteiger partial charge in [-0.2, -0.15) is 0 Å². The number of nitrogens with one attached hydrogen (secondary N) is 1. The van der Waals surface area contributed by atoms with Gasteiger partial charge < -0.3 is 5.32 Å². The third-order valence-electron chi connectivity index (χ3n) is 6.03. The Morgan fingerprint density at radius 3 is 2.89 bits per heavy atom. The van der Waals surface area contributed by atoms with Gasteiger partial charge in [0, 0.05) is 17.0 Å². The molecule has 0 aromatic carbocycles. The van der Waals surface area contributed by atoms with E-state index in [4.69, 9.17) is 11.6 Å². The number of halogens is 1. The Morgan fingerprint density at radius 1 is 1.39 bits per heavy atom. The van der Waals surface area contributed by atoms with Gasteiger partial charge in [0.15, 0.2) is 0 Å². The number of carbonyl (C=O) groups excluding carboxylic acids is 1. The van der Waals surface area contributed by atoms with E-state index in [-0.39, 0.29) is 5.92 Å². The highest BCUT2D eigenvalue weighted by Gasteiger charge is 2.64. The summed E-state index contributed by atoms with van der Waals surface area (Å²) in [5, 5.41) is 4.34. The maximum Gasteiger partial charge on any atom is 0.223 e. The number of hydrogen-bond acceptors (Lipinski definition) is 1. The lowest BCUT2D eigenvalue weighted by Crippen LogP contribution is -2.45. The van der Waals surface area contributed by atoms with E-state index in [2.05, 4.69) is 18.3 Å². The molecule has 2 aliphatic heterocycles. The molecule has 2 aliphatic carbocycles. The van der Waals surface area contributed by atoms with Crippen LogP contribution in [-0.2, 0) is 4.79 Å². The Morgan fingerprint density at radius 2 is 2.17 bits per heavy atom. The smallest absolute Gasteiger partial charge is 0.223 e. The van der Waals surface area contributed by atoms with Crippen LogP contribution in [0.15, 0.2) is 11.1 Å². The number of fused-ring (bicyclic) bond motifs is 5. The van der Waals surface area contributed by atoms with Crippen molar-refractivity contribution in [2.75, 3.05) is 0 Å². The largest absolute Gasteiger partial charge is 0.353 e. The van der Waals surface area contributed by atoms with Crippen molar-refractivity contribution < 1.29 is 4.79 Å². The van der Waals surface area contributed by atoms with Crippen LogP contribution in [0.5, 0.6) is 0 Å². The third-order valence-corrected chi connectivity index (χ3v) is 6.50. The molecule has 0 aromatic rings. The van der Waals surface area contributed by atoms with E-state index in [1.165, 1.54) is 19.3 Å². The minimum absolute atomic E-state index is 0.184. The maximum atomic E-state index is 12.4. The zero-order valence-electron chi connectivity index (χ0n) is 10.8. The van der Waals surface area contributed by atoms with Crippen LogP contribution in [-0.4, -0.2) is 11.9 Å². The normalized spacial score (nSPS) is 48.2. The van der Waals surface area contributed by atoms with Crippen molar-refractivity contribution in [2.24, 2.45) is 29.1 Å². The molecule has 2 heterocycles. The van der Waals surface area contributed by atoms with Gasteiger partial charge in [0.1, 0.15) is 0 Å². The summed E-state index contributed by atoms with van der Waals surface area (Å²) in [4.78, 5) is 12.4. The summed E-state index contributed by atoms with van der Waals surface area (Å²) in [6.07, 6.45) is 8.24. The SMILES string of the molecule is C[C@@H]1C(Cl)=CC2C3CCCC(NC3=O)C1C21CC1. The number of carbonyl (C=O) groups is 1. The van der Waals surface area contributed by atoms with Crippen molar-refractivity contribution in [2.45, 2.75) is 45.1 Å². The van der Waals surface area contributed by atoms with Crippen LogP contribution in [0.25, 0.3) is 0 Å². The van der Waals surface area contributed by atoms with Gasteiger partial charge >= 0.3 is 0 Å². The Kier molecular flexibility index (Phi) is 2.22. The van der Waals surface area contributed by atoms with Crippen molar-refractivity contribution in [3.8, 4) is 0 Å². The molecule has 4 bridgehead atoms. The van der Waals surface area contributed by atoms with Crippen molar-refractivity contribution in [1.29, 1.82) is 0 Å². The lowest BCUT2D eigenvalue weighted by Gasteiger charge is -2.44. The molecule has 98 valence electrons. The lowest BCUT2D eigenvalue weighted by atomic mass is 9.60. The van der Waals surface area contributed by atoms with Gasteiger partial charge in [0.2, 0.25) is 5.91 Å². The Bertz CT molecular complexity index is 440. The van der Waals surface area contributed by atoms with Gasteiger partial charge in [-0.25, -0.2) is 0 Å². The van der Waals surface area contributed by atoms with Gasteiger partial charge in [-0.15, -0.1) is 0 Å². The summed E-state index contributed by atoms with van der Waals surface area (Å²) >= 11 is 6.48. The molecule has 2 nitrogen and oxygen atoms in total. The highest BCUT2D eigenvalue weighted by molar-refractivity contribution is 6.30. The molecule has 2 saturated heterocycles. The molecule has 3 heteroatoms. The van der Waals surface area contributed by atoms with E-state index >= 15 is 0 Å². The Hall–Kier alpha value is -0.500. The molecule has 1 N–H and O–H groups in total. The second-order valence-corrected chi connectivity index (χ2v) is 7.21. The molecular weight excluding hydrogens is 246 g/mol. The van der Waals surface area contributed by atoms with Gasteiger partial charge in [0.05, 0.1) is 0 Å². The lowest BCUT2D eigenvalue weighted by molar-refractivity contribution is -0.126. The van der Waals surface area contributed by atoms with Crippen LogP contribution in [0.4, 0.5) is 0 Å². The molecule has 1 amide bonds. The van der Waals surface area contributed by atoms with Crippen LogP contribution in [0, 0.1) is 29.1 Å². The molecular formula is C15H20ClNO. The Labute approximate surface area is 113 Å². The quantitative estimate of drug-likeness (QED) is 0.717. The third kappa shape index (κ3) is 1.28. The first-order valence-corrected chi connectivity index (χ1v) is 7.69. The zero-order valence-corrected chi connectivity index (χ0v) is 11.5. The minimum atomic E-state index is 0.184. The topological polar surface area (TPSA) is 29.1 Å². The second-order valence-electron chi connectivity index (χ2n) is 6.78. The molecule has 1 spiro atoms. The minimum Gasteiger partial charge on any atom is -0.353 e. The molecule has 1 saturated carbocycles. The first-order valence-electron chi connectivity index (χ1n) is 7.31. The average molecular weight is 266 g/mol. The fourth-order valence-electron chi connectivity index (χ4n) is 5.12. The van der Waals surface area contributed by atoms with Crippen molar-refractivity contribution in [3.05, 3.63) is 11.1 Å². The molecule has 5 atom stereocenters. The average Bonchev–Trinajstić information content (AvgIpc) is 3.11. The number of rotatable bonds is 0. The van der Waals surface area contributed by atoms with E-state index in [1.54, 1.807) is 0 Å². The molecule has 3 fully saturated rings. The highest BCUT2D eigenvalue weighted by Crippen LogP contribution is 2.68. The van der Waals surface area contributed by atoms with Gasteiger partial charge in [-0.05, 0) is 48.9 Å². The second kappa shape index (κ2) is 3.53. The maximum absolute atomic E-state index is 12.4. The summed E-state index contributed by atoms with van der Waals surface area (Å²) in [5.41, 5.74) is 0.409. The Balaban J connectivity index is 1.90. The van der Waals surface area contributed by atoms with Crippen LogP contribution in [0.3, 0.4) is 0 Å². The molecule has 4 unspecified atom stereocenters. The molecule has 0 radical (unpaired) electrons. The van der Waals surface area contributed by atoms with E-state index in [9.17, 15) is 4.79 Å². The fourth-order valence-corrected chi connectivity index (χ4v) is 5.39. The standard InChI is InChI=1S/C15H20ClNO/c1-8-11(16)7-10-9-3-2-4-12(17-14(9)18)13(8)15(10)5-6-15/h7-10,12-13H,2-6H2,1H3,(H,17,18)/t8-,9?,10?,12?,13?/m1/s1. The first-order chi connectivity index (χ1) is 8.63. The molecule has 4 aliphatic rings. The van der Waals surface area contributed by atoms with Crippen molar-refractivity contribution in [1.82, 2.24) is 5.32 Å². The summed E-state index contributed by atoms with van der Waals surface area (Å²) in [6, 6.07) is 0.368. The zero-order chi connectivity index (χ0) is 12.5. The van der Waals surface area contributed by atoms with Crippen LogP contribution in [0.1, 0.15) is 39.0 Å². The summed E-state index contributed by atoms with van der Waals surface area (Å²) in [6.45, 7) is 2.25. The van der Waals surface area contributed by atoms with Gasteiger partial charge in [-0.3, -0.25) is 4.79 Å². The summed E-state index contributed by atoms with van der Waals surface area (Å²) < 4.78 is 0. The van der Waals surface area contributed by atoms with Crippen molar-refractivity contribution in [3.63, 3.8) is 0 Å². The van der Waals surface area contributed by atoms with Crippen LogP contribution < -0.4 is 5.32 Å². The fraction of sp³-hybridized carbons (Fsp3) is 0.800. The highest BCUT2D eigenvalue weighted by atomic mass is 35.5. The predicted octanol–water partition coefficient (Wildman–Crippen LogP) is 3.07. The van der Waals surface area contributed by atoms with Crippen LogP contribution in [0.2, 0.25) is 0 Å². The van der Waals surface area contributed by atoms with Gasteiger partial charge in [-0.1, -0.05) is 31.0 Å². The van der Waals surface area contributed by atoms with E-state index < -0.39 is 0 Å². The molecule has 0 aromatic heterocycles. The number of allylic oxidation sites excluding steroid dienone is 2. The van der Waals surface area contributed by atoms with E-state index in [0.717, 1.165) is 17.9 Å². The monoisotopic (exact) mass is 265 g/mol. The van der Waals surface area contributed by atoms with E-state index in [1.807, 2.05) is 0 Å². The summed E-state index contributed by atoms with van der Waals surface area (Å²) in [7, 11) is 0. The van der Waals surface area contributed by atoms with Crippen molar-refractivity contribution >= 4 is 17.5 Å². The van der Waals surface area contributed by atoms with Gasteiger partial charge in [0.25, 0.3) is 0 Å². The van der Waals surface area contributed by atoms with Crippen LogP contribution >= 0.6 is 11.6 Å². The van der Waals surface area contributed by atoms with E-state index in [0.29, 0.717) is 35.1 Å². The summed E-state index contributed by atoms with van der Waals surface area (Å²) in [5.74, 6) is 1.90. The molecule has 18 heavy (non-hydrogen) atoms. The molecule has 4 rings (SSSR count). The first kappa shape index (κ1) is 11.3. The number of amides is 1.